The zero-order valence-electron chi connectivity index (χ0n) is 7.94. The quantitative estimate of drug-likeness (QED) is 0.695. The highest BCUT2D eigenvalue weighted by Gasteiger charge is 2.15. The largest absolute Gasteiger partial charge is 0.312 e. The third-order valence-corrected chi connectivity index (χ3v) is 3.86. The van der Waals surface area contributed by atoms with Gasteiger partial charge in [0.1, 0.15) is 6.33 Å². The number of hydrogen-bond donors (Lipinski definition) is 0. The highest BCUT2D eigenvalue weighted by Crippen LogP contribution is 2.29. The van der Waals surface area contributed by atoms with Crippen molar-refractivity contribution < 1.29 is 0 Å². The molecular weight excluding hydrogens is 182 g/mol. The van der Waals surface area contributed by atoms with Gasteiger partial charge in [-0.25, -0.2) is 0 Å². The Kier molecular flexibility index (Phi) is 2.88. The van der Waals surface area contributed by atoms with Crippen LogP contribution >= 0.6 is 11.8 Å². The molecule has 0 N–H and O–H groups in total. The van der Waals surface area contributed by atoms with E-state index >= 15 is 0 Å². The van der Waals surface area contributed by atoms with Crippen molar-refractivity contribution in [2.45, 2.75) is 30.8 Å². The molecule has 72 valence electrons. The third kappa shape index (κ3) is 2.24. The van der Waals surface area contributed by atoms with E-state index in [-0.39, 0.29) is 0 Å². The fourth-order valence-electron chi connectivity index (χ4n) is 1.77. The van der Waals surface area contributed by atoms with E-state index in [0.29, 0.717) is 0 Å². The van der Waals surface area contributed by atoms with Crippen LogP contribution in [-0.4, -0.2) is 20.5 Å². The van der Waals surface area contributed by atoms with E-state index in [4.69, 9.17) is 0 Å². The SMILES string of the molecule is Cn1cnnc1SCC1CCCC1. The Morgan fingerprint density at radius 3 is 2.92 bits per heavy atom. The lowest BCUT2D eigenvalue weighted by Crippen LogP contribution is -1.98. The summed E-state index contributed by atoms with van der Waals surface area (Å²) in [6.07, 6.45) is 7.42. The van der Waals surface area contributed by atoms with Crippen molar-refractivity contribution in [2.75, 3.05) is 5.75 Å². The Morgan fingerprint density at radius 2 is 2.31 bits per heavy atom. The molecule has 1 heterocycles. The van der Waals surface area contributed by atoms with Gasteiger partial charge in [0.25, 0.3) is 0 Å². The predicted octanol–water partition coefficient (Wildman–Crippen LogP) is 2.10. The summed E-state index contributed by atoms with van der Waals surface area (Å²) in [6, 6.07) is 0. The lowest BCUT2D eigenvalue weighted by atomic mass is 10.1. The first kappa shape index (κ1) is 9.06. The number of thioether (sulfide) groups is 1. The molecule has 0 atom stereocenters. The summed E-state index contributed by atoms with van der Waals surface area (Å²) in [4.78, 5) is 0. The van der Waals surface area contributed by atoms with Crippen molar-refractivity contribution in [2.24, 2.45) is 13.0 Å². The van der Waals surface area contributed by atoms with Gasteiger partial charge in [0.2, 0.25) is 0 Å². The van der Waals surface area contributed by atoms with Crippen molar-refractivity contribution in [1.29, 1.82) is 0 Å². The maximum Gasteiger partial charge on any atom is 0.190 e. The van der Waals surface area contributed by atoms with Gasteiger partial charge in [0.15, 0.2) is 5.16 Å². The molecule has 2 rings (SSSR count). The van der Waals surface area contributed by atoms with Crippen LogP contribution in [0.1, 0.15) is 25.7 Å². The van der Waals surface area contributed by atoms with E-state index in [1.807, 2.05) is 23.4 Å². The molecule has 1 saturated carbocycles. The smallest absolute Gasteiger partial charge is 0.190 e. The lowest BCUT2D eigenvalue weighted by Gasteiger charge is -2.06. The fourth-order valence-corrected chi connectivity index (χ4v) is 2.85. The van der Waals surface area contributed by atoms with Crippen LogP contribution in [0.4, 0.5) is 0 Å². The van der Waals surface area contributed by atoms with E-state index in [0.717, 1.165) is 11.1 Å². The summed E-state index contributed by atoms with van der Waals surface area (Å²) in [6.45, 7) is 0. The first-order valence-electron chi connectivity index (χ1n) is 4.83. The van der Waals surface area contributed by atoms with E-state index in [1.165, 1.54) is 31.4 Å². The highest BCUT2D eigenvalue weighted by atomic mass is 32.2. The summed E-state index contributed by atoms with van der Waals surface area (Å²) in [5.74, 6) is 2.13. The second kappa shape index (κ2) is 4.13. The summed E-state index contributed by atoms with van der Waals surface area (Å²) >= 11 is 1.84. The molecule has 1 aliphatic carbocycles. The van der Waals surface area contributed by atoms with Crippen LogP contribution < -0.4 is 0 Å². The van der Waals surface area contributed by atoms with Crippen LogP contribution in [0.15, 0.2) is 11.5 Å². The number of aromatic nitrogens is 3. The minimum absolute atomic E-state index is 0.918. The molecule has 0 spiro atoms. The van der Waals surface area contributed by atoms with Crippen LogP contribution in [0.3, 0.4) is 0 Å². The Balaban J connectivity index is 1.82. The van der Waals surface area contributed by atoms with Gasteiger partial charge in [-0.3, -0.25) is 0 Å². The second-order valence-electron chi connectivity index (χ2n) is 3.69. The number of nitrogens with zero attached hydrogens (tertiary/aromatic N) is 3. The van der Waals surface area contributed by atoms with Gasteiger partial charge in [-0.2, -0.15) is 0 Å². The molecule has 3 nitrogen and oxygen atoms in total. The van der Waals surface area contributed by atoms with Crippen LogP contribution in [0, 0.1) is 5.92 Å². The standard InChI is InChI=1S/C9H15N3S/c1-12-7-10-11-9(12)13-6-8-4-2-3-5-8/h7-8H,2-6H2,1H3. The minimum atomic E-state index is 0.918. The summed E-state index contributed by atoms with van der Waals surface area (Å²) < 4.78 is 1.99. The third-order valence-electron chi connectivity index (χ3n) is 2.59. The zero-order valence-corrected chi connectivity index (χ0v) is 8.76. The molecule has 1 aromatic rings. The molecule has 0 radical (unpaired) electrons. The van der Waals surface area contributed by atoms with Gasteiger partial charge in [-0.15, -0.1) is 10.2 Å². The molecule has 0 amide bonds. The predicted molar refractivity (Wildman–Crippen MR) is 53.7 cm³/mol. The molecule has 0 aromatic carbocycles. The molecule has 0 aliphatic heterocycles. The molecule has 0 saturated heterocycles. The zero-order chi connectivity index (χ0) is 9.10. The fraction of sp³-hybridized carbons (Fsp3) is 0.778. The van der Waals surface area contributed by atoms with E-state index in [2.05, 4.69) is 10.2 Å². The van der Waals surface area contributed by atoms with E-state index in [1.54, 1.807) is 6.33 Å². The summed E-state index contributed by atoms with van der Waals surface area (Å²) in [7, 11) is 2.00. The Morgan fingerprint density at radius 1 is 1.54 bits per heavy atom. The average Bonchev–Trinajstić information content (AvgIpc) is 2.72. The van der Waals surface area contributed by atoms with Gasteiger partial charge in [-0.05, 0) is 18.8 Å². The maximum absolute atomic E-state index is 4.05. The van der Waals surface area contributed by atoms with Gasteiger partial charge in [0.05, 0.1) is 0 Å². The molecule has 0 bridgehead atoms. The molecule has 1 fully saturated rings. The topological polar surface area (TPSA) is 30.7 Å². The lowest BCUT2D eigenvalue weighted by molar-refractivity contribution is 0.621. The second-order valence-corrected chi connectivity index (χ2v) is 4.67. The Labute approximate surface area is 82.9 Å². The van der Waals surface area contributed by atoms with Crippen molar-refractivity contribution in [3.05, 3.63) is 6.33 Å². The molecule has 1 aromatic heterocycles. The monoisotopic (exact) mass is 197 g/mol. The van der Waals surface area contributed by atoms with Gasteiger partial charge < -0.3 is 4.57 Å². The number of rotatable bonds is 3. The highest BCUT2D eigenvalue weighted by molar-refractivity contribution is 7.99. The van der Waals surface area contributed by atoms with Crippen molar-refractivity contribution >= 4 is 11.8 Å². The maximum atomic E-state index is 4.05. The van der Waals surface area contributed by atoms with Crippen LogP contribution in [0.25, 0.3) is 0 Å². The summed E-state index contributed by atoms with van der Waals surface area (Å²) in [5, 5.41) is 8.96. The van der Waals surface area contributed by atoms with Gasteiger partial charge in [0, 0.05) is 12.8 Å². The first-order valence-corrected chi connectivity index (χ1v) is 5.81. The number of aryl methyl sites for hydroxylation is 1. The summed E-state index contributed by atoms with van der Waals surface area (Å²) in [5.41, 5.74) is 0. The minimum Gasteiger partial charge on any atom is -0.312 e. The molecule has 4 heteroatoms. The average molecular weight is 197 g/mol. The van der Waals surface area contributed by atoms with Crippen molar-refractivity contribution in [1.82, 2.24) is 14.8 Å². The van der Waals surface area contributed by atoms with Crippen LogP contribution in [0.2, 0.25) is 0 Å². The molecule has 0 unspecified atom stereocenters. The first-order chi connectivity index (χ1) is 6.36. The van der Waals surface area contributed by atoms with Gasteiger partial charge >= 0.3 is 0 Å². The molecule has 13 heavy (non-hydrogen) atoms. The van der Waals surface area contributed by atoms with Crippen molar-refractivity contribution in [3.8, 4) is 0 Å². The molecular formula is C9H15N3S. The van der Waals surface area contributed by atoms with E-state index in [9.17, 15) is 0 Å². The Bertz CT molecular complexity index is 266. The van der Waals surface area contributed by atoms with Gasteiger partial charge in [-0.1, -0.05) is 24.6 Å². The molecule has 1 aliphatic rings. The number of hydrogen-bond acceptors (Lipinski definition) is 3. The normalized spacial score (nSPS) is 18.2. The van der Waals surface area contributed by atoms with Crippen LogP contribution in [0.5, 0.6) is 0 Å². The van der Waals surface area contributed by atoms with Crippen molar-refractivity contribution in [3.63, 3.8) is 0 Å². The van der Waals surface area contributed by atoms with E-state index < -0.39 is 0 Å². The van der Waals surface area contributed by atoms with Crippen LogP contribution in [-0.2, 0) is 7.05 Å². The Hall–Kier alpha value is -0.510.